The van der Waals surface area contributed by atoms with Crippen LogP contribution in [0.1, 0.15) is 5.56 Å². The molecule has 0 aromatic heterocycles. The summed E-state index contributed by atoms with van der Waals surface area (Å²) >= 11 is 23.0. The van der Waals surface area contributed by atoms with Crippen molar-refractivity contribution in [2.75, 3.05) is 11.9 Å². The van der Waals surface area contributed by atoms with E-state index in [0.717, 1.165) is 22.7 Å². The molecule has 0 bridgehead atoms. The normalized spacial score (nSPS) is 10.2. The molecule has 2 aromatic rings. The summed E-state index contributed by atoms with van der Waals surface area (Å²) in [6.45, 7) is 0.716. The Morgan fingerprint density at radius 2 is 1.81 bits per heavy atom. The predicted octanol–water partition coefficient (Wildman–Crippen LogP) is 5.18. The van der Waals surface area contributed by atoms with Crippen LogP contribution in [0.25, 0.3) is 0 Å². The summed E-state index contributed by atoms with van der Waals surface area (Å²) in [6.07, 6.45) is 0.837. The average Bonchev–Trinajstić information content (AvgIpc) is 2.43. The van der Waals surface area contributed by atoms with Gasteiger partial charge in [0.05, 0.1) is 10.0 Å². The summed E-state index contributed by atoms with van der Waals surface area (Å²) in [5.74, 6) is 0. The molecule has 0 saturated heterocycles. The molecule has 0 saturated carbocycles. The number of hydrogen-bond acceptors (Lipinski definition) is 1. The molecule has 0 aliphatic carbocycles. The lowest BCUT2D eigenvalue weighted by molar-refractivity contribution is 0.873. The molecule has 0 radical (unpaired) electrons. The quantitative estimate of drug-likeness (QED) is 0.736. The van der Waals surface area contributed by atoms with E-state index in [1.165, 1.54) is 0 Å². The van der Waals surface area contributed by atoms with Gasteiger partial charge in [0.25, 0.3) is 0 Å². The van der Waals surface area contributed by atoms with E-state index in [-0.39, 0.29) is 0 Å². The van der Waals surface area contributed by atoms with Gasteiger partial charge in [-0.1, -0.05) is 46.9 Å². The summed E-state index contributed by atoms with van der Waals surface area (Å²) in [5, 5.41) is 8.48. The highest BCUT2D eigenvalue weighted by atomic mass is 35.5. The van der Waals surface area contributed by atoms with Gasteiger partial charge in [-0.15, -0.1) is 0 Å². The van der Waals surface area contributed by atoms with Crippen molar-refractivity contribution in [3.63, 3.8) is 0 Å². The molecule has 0 heterocycles. The molecule has 0 aliphatic rings. The summed E-state index contributed by atoms with van der Waals surface area (Å²) < 4.78 is 0. The van der Waals surface area contributed by atoms with Crippen molar-refractivity contribution in [1.82, 2.24) is 5.32 Å². The van der Waals surface area contributed by atoms with Gasteiger partial charge in [-0.3, -0.25) is 0 Å². The fourth-order valence-electron chi connectivity index (χ4n) is 1.76. The van der Waals surface area contributed by atoms with Crippen LogP contribution in [0.5, 0.6) is 0 Å². The maximum atomic E-state index is 5.95. The van der Waals surface area contributed by atoms with Gasteiger partial charge < -0.3 is 10.6 Å². The molecule has 0 amide bonds. The molecule has 2 rings (SSSR count). The zero-order valence-corrected chi connectivity index (χ0v) is 14.1. The third-order valence-electron chi connectivity index (χ3n) is 2.77. The van der Waals surface area contributed by atoms with Crippen molar-refractivity contribution in [2.45, 2.75) is 6.42 Å². The van der Waals surface area contributed by atoms with Crippen LogP contribution in [-0.2, 0) is 6.42 Å². The van der Waals surface area contributed by atoms with Crippen molar-refractivity contribution >= 4 is 57.8 Å². The highest BCUT2D eigenvalue weighted by Crippen LogP contribution is 2.24. The van der Waals surface area contributed by atoms with Crippen molar-refractivity contribution in [1.29, 1.82) is 0 Å². The second-order valence-electron chi connectivity index (χ2n) is 4.39. The van der Waals surface area contributed by atoms with E-state index in [9.17, 15) is 0 Å². The molecular formula is C15H13Cl3N2S. The van der Waals surface area contributed by atoms with Gasteiger partial charge in [0.1, 0.15) is 0 Å². The first-order valence-electron chi connectivity index (χ1n) is 6.29. The Balaban J connectivity index is 1.81. The van der Waals surface area contributed by atoms with Gasteiger partial charge >= 0.3 is 0 Å². The van der Waals surface area contributed by atoms with Crippen LogP contribution in [0.4, 0.5) is 5.69 Å². The standard InChI is InChI=1S/C15H13Cl3N2S/c16-11-3-1-2-10(8-11)6-7-19-15(21)20-12-4-5-13(17)14(18)9-12/h1-5,8-9H,6-7H2,(H2,19,20,21). The first-order valence-corrected chi connectivity index (χ1v) is 7.83. The van der Waals surface area contributed by atoms with Crippen LogP contribution in [-0.4, -0.2) is 11.7 Å². The zero-order valence-electron chi connectivity index (χ0n) is 11.0. The monoisotopic (exact) mass is 358 g/mol. The van der Waals surface area contributed by atoms with Crippen molar-refractivity contribution in [3.05, 3.63) is 63.1 Å². The summed E-state index contributed by atoms with van der Waals surface area (Å²) in [7, 11) is 0. The Kier molecular flexibility index (Phi) is 6.12. The molecule has 110 valence electrons. The summed E-state index contributed by atoms with van der Waals surface area (Å²) in [4.78, 5) is 0. The first-order chi connectivity index (χ1) is 10.0. The number of nitrogens with one attached hydrogen (secondary N) is 2. The van der Waals surface area contributed by atoms with E-state index in [0.29, 0.717) is 21.7 Å². The van der Waals surface area contributed by atoms with Gasteiger partial charge in [-0.2, -0.15) is 0 Å². The first kappa shape index (κ1) is 16.4. The van der Waals surface area contributed by atoms with E-state index >= 15 is 0 Å². The lowest BCUT2D eigenvalue weighted by Crippen LogP contribution is -2.30. The van der Waals surface area contributed by atoms with Gasteiger partial charge in [0.15, 0.2) is 5.11 Å². The molecule has 6 heteroatoms. The molecule has 2 nitrogen and oxygen atoms in total. The second kappa shape index (κ2) is 7.85. The van der Waals surface area contributed by atoms with Crippen LogP contribution in [0.2, 0.25) is 15.1 Å². The maximum Gasteiger partial charge on any atom is 0.170 e. The Bertz CT molecular complexity index is 647. The summed E-state index contributed by atoms with van der Waals surface area (Å²) in [5.41, 5.74) is 1.96. The molecule has 2 N–H and O–H groups in total. The van der Waals surface area contributed by atoms with Gasteiger partial charge in [-0.05, 0) is 54.5 Å². The van der Waals surface area contributed by atoms with Crippen LogP contribution < -0.4 is 10.6 Å². The van der Waals surface area contributed by atoms with Crippen LogP contribution in [0.15, 0.2) is 42.5 Å². The molecule has 2 aromatic carbocycles. The summed E-state index contributed by atoms with van der Waals surface area (Å²) in [6, 6.07) is 13.0. The van der Waals surface area contributed by atoms with Crippen LogP contribution in [0.3, 0.4) is 0 Å². The number of thiocarbonyl (C=S) groups is 1. The molecule has 0 atom stereocenters. The molecule has 0 fully saturated rings. The van der Waals surface area contributed by atoms with Gasteiger partial charge in [-0.25, -0.2) is 0 Å². The smallest absolute Gasteiger partial charge is 0.170 e. The Labute approximate surface area is 144 Å². The van der Waals surface area contributed by atoms with Gasteiger partial charge in [0, 0.05) is 17.3 Å². The maximum absolute atomic E-state index is 5.95. The number of rotatable bonds is 4. The molecule has 0 unspecified atom stereocenters. The van der Waals surface area contributed by atoms with Crippen LogP contribution in [0, 0.1) is 0 Å². The molecule has 21 heavy (non-hydrogen) atoms. The Morgan fingerprint density at radius 1 is 1.00 bits per heavy atom. The number of anilines is 1. The highest BCUT2D eigenvalue weighted by Gasteiger charge is 2.02. The number of benzene rings is 2. The van der Waals surface area contributed by atoms with Gasteiger partial charge in [0.2, 0.25) is 0 Å². The van der Waals surface area contributed by atoms with Crippen molar-refractivity contribution in [2.24, 2.45) is 0 Å². The average molecular weight is 360 g/mol. The van der Waals surface area contributed by atoms with E-state index in [4.69, 9.17) is 47.0 Å². The molecule has 0 spiro atoms. The van der Waals surface area contributed by atoms with Crippen molar-refractivity contribution in [3.8, 4) is 0 Å². The van der Waals surface area contributed by atoms with Crippen LogP contribution >= 0.6 is 47.0 Å². The Hall–Kier alpha value is -1.000. The fraction of sp³-hybridized carbons (Fsp3) is 0.133. The minimum absolute atomic E-state index is 0.489. The topological polar surface area (TPSA) is 24.1 Å². The molecule has 0 aliphatic heterocycles. The third-order valence-corrected chi connectivity index (χ3v) is 3.99. The second-order valence-corrected chi connectivity index (χ2v) is 6.05. The minimum Gasteiger partial charge on any atom is -0.362 e. The Morgan fingerprint density at radius 3 is 2.52 bits per heavy atom. The SMILES string of the molecule is S=C(NCCc1cccc(Cl)c1)Nc1ccc(Cl)c(Cl)c1. The lowest BCUT2D eigenvalue weighted by Gasteiger charge is -2.11. The van der Waals surface area contributed by atoms with E-state index in [1.807, 2.05) is 30.3 Å². The van der Waals surface area contributed by atoms with E-state index < -0.39 is 0 Å². The third kappa shape index (κ3) is 5.36. The van der Waals surface area contributed by atoms with E-state index in [2.05, 4.69) is 10.6 Å². The predicted molar refractivity (Wildman–Crippen MR) is 95.8 cm³/mol. The number of halogens is 3. The number of hydrogen-bond donors (Lipinski definition) is 2. The minimum atomic E-state index is 0.489. The lowest BCUT2D eigenvalue weighted by atomic mass is 10.1. The fourth-order valence-corrected chi connectivity index (χ4v) is 2.49. The largest absolute Gasteiger partial charge is 0.362 e. The molecular weight excluding hydrogens is 347 g/mol. The van der Waals surface area contributed by atoms with Crippen molar-refractivity contribution < 1.29 is 0 Å². The zero-order chi connectivity index (χ0) is 15.2. The highest BCUT2D eigenvalue weighted by molar-refractivity contribution is 7.80. The van der Waals surface area contributed by atoms with E-state index in [1.54, 1.807) is 12.1 Å².